The molecule has 1 aromatic carbocycles. The van der Waals surface area contributed by atoms with Gasteiger partial charge in [0.25, 0.3) is 0 Å². The van der Waals surface area contributed by atoms with Crippen LogP contribution in [0.2, 0.25) is 0 Å². The number of carbonyl (C=O) groups excluding carboxylic acids is 1. The number of aliphatic carboxylic acids is 1. The van der Waals surface area contributed by atoms with Crippen LogP contribution in [-0.4, -0.2) is 17.0 Å². The summed E-state index contributed by atoms with van der Waals surface area (Å²) in [6.45, 7) is 6.30. The predicted molar refractivity (Wildman–Crippen MR) is 80.8 cm³/mol. The van der Waals surface area contributed by atoms with Crippen molar-refractivity contribution in [2.45, 2.75) is 39.7 Å². The van der Waals surface area contributed by atoms with E-state index in [2.05, 4.69) is 31.3 Å². The molecule has 114 valence electrons. The van der Waals surface area contributed by atoms with Gasteiger partial charge in [-0.1, -0.05) is 38.1 Å². The summed E-state index contributed by atoms with van der Waals surface area (Å²) in [6.07, 6.45) is 1.50. The third-order valence-corrected chi connectivity index (χ3v) is 3.93. The van der Waals surface area contributed by atoms with Gasteiger partial charge in [0.2, 0.25) is 5.91 Å². The summed E-state index contributed by atoms with van der Waals surface area (Å²) in [6, 6.07) is 8.15. The van der Waals surface area contributed by atoms with Crippen molar-refractivity contribution in [2.24, 2.45) is 17.8 Å². The summed E-state index contributed by atoms with van der Waals surface area (Å²) in [5.41, 5.74) is 2.34. The van der Waals surface area contributed by atoms with Crippen molar-refractivity contribution >= 4 is 11.9 Å². The van der Waals surface area contributed by atoms with Crippen LogP contribution >= 0.6 is 0 Å². The fourth-order valence-corrected chi connectivity index (χ4v) is 2.58. The number of carbonyl (C=O) groups is 2. The van der Waals surface area contributed by atoms with Crippen LogP contribution in [-0.2, 0) is 16.0 Å². The first-order valence-corrected chi connectivity index (χ1v) is 7.50. The van der Waals surface area contributed by atoms with Gasteiger partial charge in [-0.15, -0.1) is 0 Å². The Bertz CT molecular complexity index is 521. The van der Waals surface area contributed by atoms with Crippen molar-refractivity contribution in [2.75, 3.05) is 0 Å². The Morgan fingerprint density at radius 2 is 1.81 bits per heavy atom. The van der Waals surface area contributed by atoms with E-state index in [4.69, 9.17) is 5.11 Å². The van der Waals surface area contributed by atoms with E-state index in [1.54, 1.807) is 0 Å². The summed E-state index contributed by atoms with van der Waals surface area (Å²) in [4.78, 5) is 22.7. The molecule has 1 aliphatic rings. The number of carboxylic acid groups (broad SMARTS) is 1. The van der Waals surface area contributed by atoms with E-state index < -0.39 is 11.9 Å². The van der Waals surface area contributed by atoms with E-state index in [0.29, 0.717) is 12.3 Å². The second kappa shape index (κ2) is 6.29. The zero-order chi connectivity index (χ0) is 15.6. The third kappa shape index (κ3) is 4.06. The summed E-state index contributed by atoms with van der Waals surface area (Å²) >= 11 is 0. The van der Waals surface area contributed by atoms with Gasteiger partial charge in [-0.2, -0.15) is 0 Å². The maximum Gasteiger partial charge on any atom is 0.307 e. The van der Waals surface area contributed by atoms with Crippen LogP contribution in [0.3, 0.4) is 0 Å². The van der Waals surface area contributed by atoms with E-state index in [1.807, 2.05) is 19.1 Å². The van der Waals surface area contributed by atoms with Gasteiger partial charge < -0.3 is 10.4 Å². The molecule has 4 heteroatoms. The summed E-state index contributed by atoms with van der Waals surface area (Å²) in [5, 5.41) is 11.7. The first-order valence-electron chi connectivity index (χ1n) is 7.50. The lowest BCUT2D eigenvalue weighted by molar-refractivity contribution is -0.140. The van der Waals surface area contributed by atoms with E-state index >= 15 is 0 Å². The van der Waals surface area contributed by atoms with Crippen molar-refractivity contribution in [3.63, 3.8) is 0 Å². The van der Waals surface area contributed by atoms with Gasteiger partial charge in [-0.3, -0.25) is 9.59 Å². The van der Waals surface area contributed by atoms with E-state index in [-0.39, 0.29) is 17.9 Å². The number of amides is 1. The zero-order valence-electron chi connectivity index (χ0n) is 12.8. The number of nitrogens with one attached hydrogen (secondary N) is 1. The fraction of sp³-hybridized carbons (Fsp3) is 0.529. The highest BCUT2D eigenvalue weighted by molar-refractivity contribution is 5.89. The normalized spacial score (nSPS) is 21.9. The zero-order valence-corrected chi connectivity index (χ0v) is 12.8. The van der Waals surface area contributed by atoms with Crippen LogP contribution in [0.25, 0.3) is 0 Å². The molecule has 3 unspecified atom stereocenters. The number of benzene rings is 1. The monoisotopic (exact) mass is 289 g/mol. The minimum atomic E-state index is -0.874. The second-order valence-corrected chi connectivity index (χ2v) is 6.36. The number of carboxylic acids is 1. The van der Waals surface area contributed by atoms with Gasteiger partial charge >= 0.3 is 5.97 Å². The molecule has 1 aliphatic carbocycles. The molecule has 1 saturated carbocycles. The smallest absolute Gasteiger partial charge is 0.307 e. The van der Waals surface area contributed by atoms with Gasteiger partial charge in [0, 0.05) is 0 Å². The van der Waals surface area contributed by atoms with Crippen molar-refractivity contribution in [3.8, 4) is 0 Å². The molecule has 2 rings (SSSR count). The summed E-state index contributed by atoms with van der Waals surface area (Å²) in [5.74, 6) is -1.26. The minimum absolute atomic E-state index is 0.0966. The van der Waals surface area contributed by atoms with Crippen LogP contribution < -0.4 is 5.32 Å². The lowest BCUT2D eigenvalue weighted by atomic mass is 10.00. The highest BCUT2D eigenvalue weighted by Crippen LogP contribution is 2.39. The Labute approximate surface area is 125 Å². The van der Waals surface area contributed by atoms with Crippen molar-refractivity contribution in [1.82, 2.24) is 5.32 Å². The average Bonchev–Trinajstić information content (AvgIpc) is 3.19. The maximum absolute atomic E-state index is 11.9. The van der Waals surface area contributed by atoms with Crippen molar-refractivity contribution in [3.05, 3.63) is 35.4 Å². The molecule has 1 aromatic rings. The first kappa shape index (κ1) is 15.5. The van der Waals surface area contributed by atoms with Gasteiger partial charge in [-0.25, -0.2) is 0 Å². The van der Waals surface area contributed by atoms with Crippen molar-refractivity contribution < 1.29 is 14.7 Å². The van der Waals surface area contributed by atoms with Gasteiger partial charge in [0.15, 0.2) is 0 Å². The van der Waals surface area contributed by atoms with Crippen LogP contribution in [0.4, 0.5) is 0 Å². The molecule has 1 fully saturated rings. The highest BCUT2D eigenvalue weighted by Gasteiger charge is 2.48. The molecule has 0 spiro atoms. The SMILES string of the molecule is CC(C)Cc1ccc(C(C)NC(=O)C2CC2C(=O)O)cc1. The molecule has 1 amide bonds. The molecule has 0 bridgehead atoms. The van der Waals surface area contributed by atoms with Crippen LogP contribution in [0.15, 0.2) is 24.3 Å². The standard InChI is InChI=1S/C17H23NO3/c1-10(2)8-12-4-6-13(7-5-12)11(3)18-16(19)14-9-15(14)17(20)21/h4-7,10-11,14-15H,8-9H2,1-3H3,(H,18,19)(H,20,21). The highest BCUT2D eigenvalue weighted by atomic mass is 16.4. The molecule has 0 aromatic heterocycles. The summed E-state index contributed by atoms with van der Waals surface area (Å²) < 4.78 is 0. The van der Waals surface area contributed by atoms with Gasteiger partial charge in [0.1, 0.15) is 0 Å². The molecule has 3 atom stereocenters. The molecular weight excluding hydrogens is 266 g/mol. The minimum Gasteiger partial charge on any atom is -0.481 e. The molecule has 0 aliphatic heterocycles. The fourth-order valence-electron chi connectivity index (χ4n) is 2.58. The van der Waals surface area contributed by atoms with E-state index in [0.717, 1.165) is 12.0 Å². The van der Waals surface area contributed by atoms with E-state index in [9.17, 15) is 9.59 Å². The molecule has 4 nitrogen and oxygen atoms in total. The Morgan fingerprint density at radius 1 is 1.19 bits per heavy atom. The Balaban J connectivity index is 1.90. The Hall–Kier alpha value is -1.84. The first-order chi connectivity index (χ1) is 9.88. The Morgan fingerprint density at radius 3 is 2.29 bits per heavy atom. The van der Waals surface area contributed by atoms with Crippen molar-refractivity contribution in [1.29, 1.82) is 0 Å². The molecule has 21 heavy (non-hydrogen) atoms. The predicted octanol–water partition coefficient (Wildman–Crippen LogP) is 2.78. The third-order valence-electron chi connectivity index (χ3n) is 3.93. The average molecular weight is 289 g/mol. The molecular formula is C17H23NO3. The molecule has 2 N–H and O–H groups in total. The number of hydrogen-bond acceptors (Lipinski definition) is 2. The molecule has 0 saturated heterocycles. The van der Waals surface area contributed by atoms with E-state index in [1.165, 1.54) is 5.56 Å². The Kier molecular flexibility index (Phi) is 4.66. The van der Waals surface area contributed by atoms with Crippen LogP contribution in [0, 0.1) is 17.8 Å². The lowest BCUT2D eigenvalue weighted by Gasteiger charge is -2.15. The number of rotatable bonds is 6. The topological polar surface area (TPSA) is 66.4 Å². The maximum atomic E-state index is 11.9. The second-order valence-electron chi connectivity index (χ2n) is 6.36. The largest absolute Gasteiger partial charge is 0.481 e. The molecule has 0 heterocycles. The quantitative estimate of drug-likeness (QED) is 0.846. The summed E-state index contributed by atoms with van der Waals surface area (Å²) in [7, 11) is 0. The lowest BCUT2D eigenvalue weighted by Crippen LogP contribution is -2.29. The number of hydrogen-bond donors (Lipinski definition) is 2. The molecule has 0 radical (unpaired) electrons. The van der Waals surface area contributed by atoms with Gasteiger partial charge in [0.05, 0.1) is 17.9 Å². The van der Waals surface area contributed by atoms with Crippen LogP contribution in [0.1, 0.15) is 44.4 Å². The van der Waals surface area contributed by atoms with Crippen LogP contribution in [0.5, 0.6) is 0 Å². The van der Waals surface area contributed by atoms with Gasteiger partial charge in [-0.05, 0) is 36.8 Å².